The molecule has 1 amide bonds. The molecule has 0 saturated carbocycles. The van der Waals surface area contributed by atoms with Gasteiger partial charge in [-0.3, -0.25) is 9.20 Å². The first-order valence-electron chi connectivity index (χ1n) is 9.33. The number of pyridine rings is 1. The van der Waals surface area contributed by atoms with Crippen LogP contribution in [0.2, 0.25) is 0 Å². The number of carbonyl (C=O) groups excluding carboxylic acids is 1. The van der Waals surface area contributed by atoms with E-state index in [4.69, 9.17) is 0 Å². The Hall–Kier alpha value is -2.50. The van der Waals surface area contributed by atoms with Gasteiger partial charge in [0.05, 0.1) is 17.9 Å². The highest BCUT2D eigenvalue weighted by molar-refractivity contribution is 7.89. The molecular formula is C18H22N6O3S2. The number of thiazole rings is 1. The summed E-state index contributed by atoms with van der Waals surface area (Å²) in [6.45, 7) is 2.11. The van der Waals surface area contributed by atoms with Crippen molar-refractivity contribution in [2.24, 2.45) is 0 Å². The summed E-state index contributed by atoms with van der Waals surface area (Å²) in [5, 5.41) is 4.61. The second kappa shape index (κ2) is 8.47. The van der Waals surface area contributed by atoms with Crippen molar-refractivity contribution in [3.63, 3.8) is 0 Å². The molecule has 0 unspecified atom stereocenters. The number of anilines is 1. The molecule has 3 aromatic rings. The molecule has 11 heteroatoms. The third-order valence-corrected chi connectivity index (χ3v) is 7.42. The van der Waals surface area contributed by atoms with Crippen LogP contribution >= 0.6 is 11.3 Å². The van der Waals surface area contributed by atoms with Gasteiger partial charge in [0.15, 0.2) is 4.96 Å². The van der Waals surface area contributed by atoms with Crippen LogP contribution in [0.4, 0.5) is 5.82 Å². The van der Waals surface area contributed by atoms with E-state index in [1.54, 1.807) is 6.20 Å². The minimum absolute atomic E-state index is 0.0871. The minimum atomic E-state index is -3.42. The summed E-state index contributed by atoms with van der Waals surface area (Å²) in [6.07, 6.45) is 5.56. The van der Waals surface area contributed by atoms with Crippen LogP contribution < -0.4 is 10.2 Å². The molecule has 1 saturated heterocycles. The highest BCUT2D eigenvalue weighted by atomic mass is 32.2. The minimum Gasteiger partial charge on any atom is -0.355 e. The zero-order chi connectivity index (χ0) is 20.3. The van der Waals surface area contributed by atoms with Crippen LogP contribution in [0.5, 0.6) is 0 Å². The van der Waals surface area contributed by atoms with Crippen molar-refractivity contribution in [2.75, 3.05) is 43.4 Å². The quantitative estimate of drug-likeness (QED) is 0.585. The van der Waals surface area contributed by atoms with E-state index in [9.17, 15) is 13.2 Å². The number of sulfonamides is 1. The van der Waals surface area contributed by atoms with E-state index < -0.39 is 10.0 Å². The van der Waals surface area contributed by atoms with Gasteiger partial charge in [-0.05, 0) is 12.1 Å². The average Bonchev–Trinajstić information content (AvgIpc) is 3.30. The molecule has 4 heterocycles. The predicted molar refractivity (Wildman–Crippen MR) is 112 cm³/mol. The summed E-state index contributed by atoms with van der Waals surface area (Å²) in [7, 11) is -3.42. The number of imidazole rings is 1. The molecule has 1 fully saturated rings. The number of nitrogens with one attached hydrogen (secondary N) is 1. The molecule has 0 atom stereocenters. The smallest absolute Gasteiger partial charge is 0.226 e. The Morgan fingerprint density at radius 3 is 2.76 bits per heavy atom. The SMILES string of the molecule is O=C(Cc1cn2ccsc2n1)NCCS(=O)(=O)N1CCN(c2ccccn2)CC1. The van der Waals surface area contributed by atoms with Crippen LogP contribution in [0, 0.1) is 0 Å². The highest BCUT2D eigenvalue weighted by Gasteiger charge is 2.27. The summed E-state index contributed by atoms with van der Waals surface area (Å²) in [5.74, 6) is 0.516. The normalized spacial score (nSPS) is 15.7. The molecule has 0 spiro atoms. The number of hydrogen-bond acceptors (Lipinski definition) is 7. The fourth-order valence-electron chi connectivity index (χ4n) is 3.27. The first-order valence-corrected chi connectivity index (χ1v) is 11.8. The zero-order valence-electron chi connectivity index (χ0n) is 15.8. The molecule has 0 bridgehead atoms. The van der Waals surface area contributed by atoms with Crippen LogP contribution in [0.15, 0.2) is 42.2 Å². The number of piperazine rings is 1. The van der Waals surface area contributed by atoms with Crippen LogP contribution in [0.3, 0.4) is 0 Å². The molecule has 154 valence electrons. The summed E-state index contributed by atoms with van der Waals surface area (Å²) in [6, 6.07) is 5.69. The lowest BCUT2D eigenvalue weighted by Crippen LogP contribution is -2.50. The highest BCUT2D eigenvalue weighted by Crippen LogP contribution is 2.15. The summed E-state index contributed by atoms with van der Waals surface area (Å²) < 4.78 is 28.5. The Bertz CT molecular complexity index is 1040. The van der Waals surface area contributed by atoms with Crippen LogP contribution in [-0.2, 0) is 21.2 Å². The van der Waals surface area contributed by atoms with Crippen molar-refractivity contribution >= 4 is 38.0 Å². The molecule has 3 aromatic heterocycles. The standard InChI is InChI=1S/C18H22N6O3S2/c25-17(13-15-14-23-10-11-28-18(23)21-15)20-5-12-29(26,27)24-8-6-22(7-9-24)16-3-1-2-4-19-16/h1-4,10-11,14H,5-9,12-13H2,(H,20,25). The number of aromatic nitrogens is 3. The fourth-order valence-corrected chi connectivity index (χ4v) is 5.33. The Morgan fingerprint density at radius 2 is 2.03 bits per heavy atom. The lowest BCUT2D eigenvalue weighted by molar-refractivity contribution is -0.120. The number of nitrogens with zero attached hydrogens (tertiary/aromatic N) is 5. The van der Waals surface area contributed by atoms with E-state index in [1.165, 1.54) is 15.6 Å². The summed E-state index contributed by atoms with van der Waals surface area (Å²) >= 11 is 1.50. The molecule has 0 aliphatic carbocycles. The van der Waals surface area contributed by atoms with Crippen LogP contribution in [-0.4, -0.2) is 71.5 Å². The fraction of sp³-hybridized carbons (Fsp3) is 0.389. The Balaban J connectivity index is 1.22. The van der Waals surface area contributed by atoms with Crippen LogP contribution in [0.25, 0.3) is 4.96 Å². The van der Waals surface area contributed by atoms with E-state index in [0.29, 0.717) is 31.9 Å². The molecule has 1 N–H and O–H groups in total. The lowest BCUT2D eigenvalue weighted by Gasteiger charge is -2.34. The number of rotatable bonds is 7. The number of amides is 1. The maximum Gasteiger partial charge on any atom is 0.226 e. The van der Waals surface area contributed by atoms with Gasteiger partial charge in [0.2, 0.25) is 15.9 Å². The molecule has 0 aromatic carbocycles. The largest absolute Gasteiger partial charge is 0.355 e. The van der Waals surface area contributed by atoms with Crippen molar-refractivity contribution in [1.29, 1.82) is 0 Å². The molecular weight excluding hydrogens is 412 g/mol. The third-order valence-electron chi connectivity index (χ3n) is 4.77. The number of fused-ring (bicyclic) bond motifs is 1. The molecule has 0 radical (unpaired) electrons. The van der Waals surface area contributed by atoms with E-state index in [1.807, 2.05) is 40.4 Å². The molecule has 1 aliphatic rings. The molecule has 1 aliphatic heterocycles. The zero-order valence-corrected chi connectivity index (χ0v) is 17.4. The number of hydrogen-bond donors (Lipinski definition) is 1. The molecule has 9 nitrogen and oxygen atoms in total. The van der Waals surface area contributed by atoms with E-state index in [-0.39, 0.29) is 24.6 Å². The van der Waals surface area contributed by atoms with E-state index in [2.05, 4.69) is 20.2 Å². The van der Waals surface area contributed by atoms with E-state index >= 15 is 0 Å². The van der Waals surface area contributed by atoms with Gasteiger partial charge in [-0.2, -0.15) is 4.31 Å². The van der Waals surface area contributed by atoms with Gasteiger partial charge in [-0.15, -0.1) is 11.3 Å². The van der Waals surface area contributed by atoms with Gasteiger partial charge >= 0.3 is 0 Å². The van der Waals surface area contributed by atoms with Gasteiger partial charge in [0.1, 0.15) is 5.82 Å². The maximum absolute atomic E-state index is 12.6. The summed E-state index contributed by atoms with van der Waals surface area (Å²) in [4.78, 5) is 23.7. The van der Waals surface area contributed by atoms with Gasteiger partial charge in [-0.1, -0.05) is 6.07 Å². The first-order chi connectivity index (χ1) is 14.0. The van der Waals surface area contributed by atoms with Gasteiger partial charge in [0.25, 0.3) is 0 Å². The summed E-state index contributed by atoms with van der Waals surface area (Å²) in [5.41, 5.74) is 0.669. The van der Waals surface area contributed by atoms with Gasteiger partial charge in [-0.25, -0.2) is 18.4 Å². The topological polar surface area (TPSA) is 99.9 Å². The van der Waals surface area contributed by atoms with Gasteiger partial charge in [0, 0.05) is 56.7 Å². The van der Waals surface area contributed by atoms with Crippen molar-refractivity contribution in [3.8, 4) is 0 Å². The maximum atomic E-state index is 12.6. The predicted octanol–water partition coefficient (Wildman–Crippen LogP) is 0.601. The van der Waals surface area contributed by atoms with Crippen LogP contribution in [0.1, 0.15) is 5.69 Å². The Labute approximate surface area is 173 Å². The van der Waals surface area contributed by atoms with Crippen molar-refractivity contribution in [2.45, 2.75) is 6.42 Å². The Kier molecular flexibility index (Phi) is 5.79. The second-order valence-electron chi connectivity index (χ2n) is 6.74. The van der Waals surface area contributed by atoms with Crippen molar-refractivity contribution in [1.82, 2.24) is 24.0 Å². The van der Waals surface area contributed by atoms with E-state index in [0.717, 1.165) is 10.8 Å². The molecule has 29 heavy (non-hydrogen) atoms. The monoisotopic (exact) mass is 434 g/mol. The number of carbonyl (C=O) groups is 1. The Morgan fingerprint density at radius 1 is 1.21 bits per heavy atom. The average molecular weight is 435 g/mol. The molecule has 4 rings (SSSR count). The second-order valence-corrected chi connectivity index (χ2v) is 9.70. The first kappa shape index (κ1) is 19.8. The van der Waals surface area contributed by atoms with Crippen molar-refractivity contribution in [3.05, 3.63) is 47.9 Å². The lowest BCUT2D eigenvalue weighted by atomic mass is 10.3. The van der Waals surface area contributed by atoms with Gasteiger partial charge < -0.3 is 10.2 Å². The van der Waals surface area contributed by atoms with Crippen molar-refractivity contribution < 1.29 is 13.2 Å². The third kappa shape index (κ3) is 4.74.